The molecule has 23 heavy (non-hydrogen) atoms. The van der Waals surface area contributed by atoms with Gasteiger partial charge < -0.3 is 15.4 Å². The molecule has 0 unspecified atom stereocenters. The summed E-state index contributed by atoms with van der Waals surface area (Å²) in [5.41, 5.74) is 1.39. The monoisotopic (exact) mass is 375 g/mol. The van der Waals surface area contributed by atoms with Gasteiger partial charge in [0.1, 0.15) is 5.82 Å². The summed E-state index contributed by atoms with van der Waals surface area (Å²) in [7, 11) is 1.31. The average Bonchev–Trinajstić information content (AvgIpc) is 2.57. The van der Waals surface area contributed by atoms with Crippen molar-refractivity contribution in [1.29, 1.82) is 0 Å². The first kappa shape index (κ1) is 16.6. The number of aromatic nitrogens is 2. The first-order chi connectivity index (χ1) is 11.1. The van der Waals surface area contributed by atoms with Gasteiger partial charge in [0.2, 0.25) is 5.95 Å². The molecule has 0 saturated heterocycles. The van der Waals surface area contributed by atoms with E-state index in [9.17, 15) is 4.79 Å². The Morgan fingerprint density at radius 3 is 2.70 bits per heavy atom. The first-order valence-electron chi connectivity index (χ1n) is 6.54. The summed E-state index contributed by atoms with van der Waals surface area (Å²) in [6.07, 6.45) is 6.33. The molecule has 0 saturated carbocycles. The van der Waals surface area contributed by atoms with E-state index in [1.165, 1.54) is 7.11 Å². The van der Waals surface area contributed by atoms with Gasteiger partial charge in [-0.25, -0.2) is 9.78 Å². The summed E-state index contributed by atoms with van der Waals surface area (Å²) in [5, 5.41) is 8.62. The molecule has 0 atom stereocenters. The van der Waals surface area contributed by atoms with E-state index in [2.05, 4.69) is 52.5 Å². The molecule has 2 aromatic rings. The van der Waals surface area contributed by atoms with Crippen LogP contribution in [0.25, 0.3) is 0 Å². The van der Waals surface area contributed by atoms with Crippen LogP contribution in [0.5, 0.6) is 0 Å². The van der Waals surface area contributed by atoms with E-state index in [-0.39, 0.29) is 0 Å². The maximum Gasteiger partial charge on any atom is 0.411 e. The Labute approximate surface area is 142 Å². The highest BCUT2D eigenvalue weighted by Gasteiger charge is 2.05. The molecule has 8 heteroatoms. The Hall–Kier alpha value is -2.79. The lowest BCUT2D eigenvalue weighted by Crippen LogP contribution is -2.10. The molecular weight excluding hydrogens is 362 g/mol. The topological polar surface area (TPSA) is 88.2 Å². The number of amides is 1. The molecule has 1 amide bonds. The second-order valence-electron chi connectivity index (χ2n) is 4.27. The van der Waals surface area contributed by atoms with Crippen molar-refractivity contribution in [2.45, 2.75) is 0 Å². The lowest BCUT2D eigenvalue weighted by Gasteiger charge is -2.09. The number of hydrogen-bond acceptors (Lipinski definition) is 6. The van der Waals surface area contributed by atoms with E-state index in [0.717, 1.165) is 10.2 Å². The van der Waals surface area contributed by atoms with Gasteiger partial charge >= 0.3 is 6.09 Å². The molecule has 118 valence electrons. The Bertz CT molecular complexity index is 728. The SMILES string of the molecule is C#CCNc1nc(Nc2ccc(NC(=O)OC)cc2)ncc1Br. The van der Waals surface area contributed by atoms with Gasteiger partial charge in [-0.1, -0.05) is 5.92 Å². The molecule has 7 nitrogen and oxygen atoms in total. The average molecular weight is 376 g/mol. The molecule has 0 aliphatic carbocycles. The molecule has 1 aromatic heterocycles. The number of anilines is 4. The zero-order chi connectivity index (χ0) is 16.7. The zero-order valence-corrected chi connectivity index (χ0v) is 13.8. The van der Waals surface area contributed by atoms with Crippen molar-refractivity contribution in [3.05, 3.63) is 34.9 Å². The second-order valence-corrected chi connectivity index (χ2v) is 5.12. The van der Waals surface area contributed by atoms with Crippen molar-refractivity contribution in [2.75, 3.05) is 29.6 Å². The minimum atomic E-state index is -0.522. The number of nitrogens with one attached hydrogen (secondary N) is 3. The molecular formula is C15H14BrN5O2. The van der Waals surface area contributed by atoms with Gasteiger partial charge in [-0.15, -0.1) is 6.42 Å². The summed E-state index contributed by atoms with van der Waals surface area (Å²) in [5.74, 6) is 3.50. The molecule has 0 spiro atoms. The predicted octanol–water partition coefficient (Wildman–Crippen LogP) is 3.21. The normalized spacial score (nSPS) is 9.61. The smallest absolute Gasteiger partial charge is 0.411 e. The fraction of sp³-hybridized carbons (Fsp3) is 0.133. The van der Waals surface area contributed by atoms with E-state index in [1.807, 2.05) is 0 Å². The Kier molecular flexibility index (Phi) is 5.77. The third-order valence-corrected chi connectivity index (χ3v) is 3.26. The maximum absolute atomic E-state index is 11.1. The number of carbonyl (C=O) groups is 1. The number of benzene rings is 1. The maximum atomic E-state index is 11.1. The molecule has 0 aliphatic heterocycles. The number of ether oxygens (including phenoxy) is 1. The van der Waals surface area contributed by atoms with E-state index in [1.54, 1.807) is 30.5 Å². The van der Waals surface area contributed by atoms with Crippen LogP contribution in [0.1, 0.15) is 0 Å². The van der Waals surface area contributed by atoms with Gasteiger partial charge in [0, 0.05) is 17.6 Å². The summed E-state index contributed by atoms with van der Waals surface area (Å²) in [6.45, 7) is 0.364. The molecule has 0 radical (unpaired) electrons. The summed E-state index contributed by atoms with van der Waals surface area (Å²) in [4.78, 5) is 19.6. The van der Waals surface area contributed by atoms with Gasteiger partial charge in [-0.05, 0) is 40.2 Å². The van der Waals surface area contributed by atoms with Gasteiger partial charge in [0.05, 0.1) is 18.1 Å². The van der Waals surface area contributed by atoms with Crippen molar-refractivity contribution in [1.82, 2.24) is 9.97 Å². The number of nitrogens with zero attached hydrogens (tertiary/aromatic N) is 2. The van der Waals surface area contributed by atoms with Crippen LogP contribution < -0.4 is 16.0 Å². The predicted molar refractivity (Wildman–Crippen MR) is 92.8 cm³/mol. The number of halogens is 1. The highest BCUT2D eigenvalue weighted by atomic mass is 79.9. The Balaban J connectivity index is 2.07. The number of hydrogen-bond donors (Lipinski definition) is 3. The standard InChI is InChI=1S/C15H14BrN5O2/c1-3-8-17-13-12(16)9-18-14(21-13)19-10-4-6-11(7-5-10)20-15(22)23-2/h1,4-7,9H,8H2,2H3,(H,20,22)(H2,17,18,19,21). The van der Waals surface area contributed by atoms with E-state index < -0.39 is 6.09 Å². The van der Waals surface area contributed by atoms with Crippen molar-refractivity contribution >= 4 is 45.2 Å². The van der Waals surface area contributed by atoms with Crippen LogP contribution in [0.4, 0.5) is 27.9 Å². The van der Waals surface area contributed by atoms with Crippen LogP contribution in [0, 0.1) is 12.3 Å². The Morgan fingerprint density at radius 2 is 2.04 bits per heavy atom. The fourth-order valence-electron chi connectivity index (χ4n) is 1.62. The van der Waals surface area contributed by atoms with Crippen molar-refractivity contribution in [3.8, 4) is 12.3 Å². The molecule has 0 bridgehead atoms. The van der Waals surface area contributed by atoms with Crippen molar-refractivity contribution in [3.63, 3.8) is 0 Å². The zero-order valence-electron chi connectivity index (χ0n) is 12.3. The lowest BCUT2D eigenvalue weighted by atomic mass is 10.3. The van der Waals surface area contributed by atoms with Crippen LogP contribution in [0.2, 0.25) is 0 Å². The first-order valence-corrected chi connectivity index (χ1v) is 7.33. The molecule has 0 aliphatic rings. The van der Waals surface area contributed by atoms with Crippen LogP contribution in [-0.4, -0.2) is 29.7 Å². The minimum Gasteiger partial charge on any atom is -0.453 e. The van der Waals surface area contributed by atoms with Gasteiger partial charge in [-0.2, -0.15) is 4.98 Å². The molecule has 1 heterocycles. The number of terminal acetylenes is 1. The molecule has 0 fully saturated rings. The van der Waals surface area contributed by atoms with Crippen LogP contribution in [-0.2, 0) is 4.74 Å². The summed E-state index contributed by atoms with van der Waals surface area (Å²) in [6, 6.07) is 7.03. The van der Waals surface area contributed by atoms with E-state index >= 15 is 0 Å². The second kappa shape index (κ2) is 8.00. The lowest BCUT2D eigenvalue weighted by molar-refractivity contribution is 0.187. The van der Waals surface area contributed by atoms with E-state index in [4.69, 9.17) is 6.42 Å². The quantitative estimate of drug-likeness (QED) is 0.695. The van der Waals surface area contributed by atoms with Crippen LogP contribution >= 0.6 is 15.9 Å². The number of carbonyl (C=O) groups excluding carboxylic acids is 1. The van der Waals surface area contributed by atoms with Gasteiger partial charge in [0.25, 0.3) is 0 Å². The highest BCUT2D eigenvalue weighted by Crippen LogP contribution is 2.22. The van der Waals surface area contributed by atoms with Gasteiger partial charge in [-0.3, -0.25) is 5.32 Å². The number of rotatable bonds is 5. The minimum absolute atomic E-state index is 0.364. The van der Waals surface area contributed by atoms with E-state index in [0.29, 0.717) is 24.0 Å². The van der Waals surface area contributed by atoms with Gasteiger partial charge in [0.15, 0.2) is 0 Å². The summed E-state index contributed by atoms with van der Waals surface area (Å²) < 4.78 is 5.24. The highest BCUT2D eigenvalue weighted by molar-refractivity contribution is 9.10. The van der Waals surface area contributed by atoms with Crippen LogP contribution in [0.15, 0.2) is 34.9 Å². The molecule has 2 rings (SSSR count). The Morgan fingerprint density at radius 1 is 1.35 bits per heavy atom. The third kappa shape index (κ3) is 4.86. The number of methoxy groups -OCH3 is 1. The van der Waals surface area contributed by atoms with Crippen molar-refractivity contribution < 1.29 is 9.53 Å². The third-order valence-electron chi connectivity index (χ3n) is 2.67. The summed E-state index contributed by atoms with van der Waals surface area (Å²) >= 11 is 3.35. The fourth-order valence-corrected chi connectivity index (χ4v) is 1.95. The van der Waals surface area contributed by atoms with Crippen molar-refractivity contribution in [2.24, 2.45) is 0 Å². The molecule has 1 aromatic carbocycles. The largest absolute Gasteiger partial charge is 0.453 e. The molecule has 3 N–H and O–H groups in total. The van der Waals surface area contributed by atoms with Crippen LogP contribution in [0.3, 0.4) is 0 Å².